The van der Waals surface area contributed by atoms with Gasteiger partial charge in [-0.2, -0.15) is 0 Å². The minimum Gasteiger partial charge on any atom is -0.291 e. The van der Waals surface area contributed by atoms with E-state index in [1.807, 2.05) is 19.1 Å². The zero-order valence-corrected chi connectivity index (χ0v) is 13.3. The molecular weight excluding hydrogens is 268 g/mol. The lowest BCUT2D eigenvalue weighted by molar-refractivity contribution is 0.683. The first kappa shape index (κ1) is 14.9. The van der Waals surface area contributed by atoms with Crippen molar-refractivity contribution in [2.24, 2.45) is 7.05 Å². The Hall–Kier alpha value is -1.55. The fourth-order valence-electron chi connectivity index (χ4n) is 2.19. The molecule has 0 saturated heterocycles. The molecule has 0 atom stereocenters. The molecule has 20 heavy (non-hydrogen) atoms. The summed E-state index contributed by atoms with van der Waals surface area (Å²) < 4.78 is 1.66. The summed E-state index contributed by atoms with van der Waals surface area (Å²) >= 11 is 1.60. The van der Waals surface area contributed by atoms with E-state index in [0.29, 0.717) is 6.42 Å². The maximum absolute atomic E-state index is 12.5. The number of rotatable bonds is 4. The van der Waals surface area contributed by atoms with Crippen molar-refractivity contribution in [3.8, 4) is 0 Å². The minimum atomic E-state index is 0.0664. The van der Waals surface area contributed by atoms with Gasteiger partial charge in [-0.05, 0) is 30.7 Å². The third kappa shape index (κ3) is 2.96. The highest BCUT2D eigenvalue weighted by atomic mass is 32.2. The van der Waals surface area contributed by atoms with Crippen LogP contribution in [0.1, 0.15) is 29.3 Å². The summed E-state index contributed by atoms with van der Waals surface area (Å²) in [7, 11) is 1.80. The monoisotopic (exact) mass is 288 g/mol. The van der Waals surface area contributed by atoms with E-state index in [0.717, 1.165) is 22.2 Å². The Bertz CT molecular complexity index is 677. The molecule has 0 radical (unpaired) electrons. The lowest BCUT2D eigenvalue weighted by Gasteiger charge is -2.12. The first-order chi connectivity index (χ1) is 9.54. The molecule has 1 heterocycles. The number of thioether (sulfide) groups is 1. The van der Waals surface area contributed by atoms with Gasteiger partial charge < -0.3 is 0 Å². The van der Waals surface area contributed by atoms with Gasteiger partial charge in [0.05, 0.1) is 0 Å². The number of hydrogen-bond acceptors (Lipinski definition) is 3. The molecule has 1 aromatic carbocycles. The normalized spacial score (nSPS) is 10.8. The lowest BCUT2D eigenvalue weighted by atomic mass is 10.0. The average molecular weight is 288 g/mol. The quantitative estimate of drug-likeness (QED) is 0.640. The smallest absolute Gasteiger partial charge is 0.257 e. The Morgan fingerprint density at radius 3 is 2.60 bits per heavy atom. The van der Waals surface area contributed by atoms with Crippen molar-refractivity contribution in [2.75, 3.05) is 5.75 Å². The zero-order chi connectivity index (χ0) is 14.7. The molecule has 106 valence electrons. The van der Waals surface area contributed by atoms with Crippen molar-refractivity contribution in [2.45, 2.75) is 32.3 Å². The van der Waals surface area contributed by atoms with Crippen molar-refractivity contribution in [3.63, 3.8) is 0 Å². The lowest BCUT2D eigenvalue weighted by Crippen LogP contribution is -2.25. The minimum absolute atomic E-state index is 0.0664. The van der Waals surface area contributed by atoms with Crippen molar-refractivity contribution in [1.29, 1.82) is 0 Å². The third-order valence-corrected chi connectivity index (χ3v) is 4.36. The molecular formula is C16H20N2OS. The largest absolute Gasteiger partial charge is 0.291 e. The topological polar surface area (TPSA) is 34.9 Å². The van der Waals surface area contributed by atoms with Gasteiger partial charge in [0.15, 0.2) is 5.16 Å². The standard InChI is InChI=1S/C16H20N2OS/c1-5-20-16-17-12(3)14(15(19)18(16)4)10-13-9-7-6-8-11(13)2/h6-9H,5,10H2,1-4H3. The van der Waals surface area contributed by atoms with Gasteiger partial charge in [-0.25, -0.2) is 4.98 Å². The van der Waals surface area contributed by atoms with Crippen LogP contribution in [-0.4, -0.2) is 15.3 Å². The van der Waals surface area contributed by atoms with Crippen LogP contribution in [0.25, 0.3) is 0 Å². The van der Waals surface area contributed by atoms with Crippen LogP contribution in [0, 0.1) is 13.8 Å². The van der Waals surface area contributed by atoms with E-state index in [9.17, 15) is 4.79 Å². The molecule has 3 nitrogen and oxygen atoms in total. The zero-order valence-electron chi connectivity index (χ0n) is 12.4. The highest BCUT2D eigenvalue weighted by Gasteiger charge is 2.13. The fraction of sp³-hybridized carbons (Fsp3) is 0.375. The van der Waals surface area contributed by atoms with Gasteiger partial charge in [-0.15, -0.1) is 0 Å². The van der Waals surface area contributed by atoms with E-state index in [-0.39, 0.29) is 5.56 Å². The molecule has 0 unspecified atom stereocenters. The number of hydrogen-bond donors (Lipinski definition) is 0. The van der Waals surface area contributed by atoms with Crippen LogP contribution in [0.15, 0.2) is 34.2 Å². The second kappa shape index (κ2) is 6.27. The Labute approximate surface area is 124 Å². The summed E-state index contributed by atoms with van der Waals surface area (Å²) in [6, 6.07) is 8.17. The Kier molecular flexibility index (Phi) is 4.65. The van der Waals surface area contributed by atoms with Gasteiger partial charge in [0.1, 0.15) is 0 Å². The molecule has 0 aliphatic rings. The van der Waals surface area contributed by atoms with Crippen molar-refractivity contribution in [3.05, 3.63) is 57.0 Å². The van der Waals surface area contributed by atoms with Crippen LogP contribution in [0.5, 0.6) is 0 Å². The molecule has 0 aliphatic carbocycles. The van der Waals surface area contributed by atoms with Crippen LogP contribution in [-0.2, 0) is 13.5 Å². The van der Waals surface area contributed by atoms with Crippen molar-refractivity contribution < 1.29 is 0 Å². The Balaban J connectivity index is 2.46. The second-order valence-corrected chi connectivity index (χ2v) is 6.09. The summed E-state index contributed by atoms with van der Waals surface area (Å²) in [5, 5.41) is 0.795. The van der Waals surface area contributed by atoms with Crippen molar-refractivity contribution >= 4 is 11.8 Å². The number of aryl methyl sites for hydroxylation is 2. The van der Waals surface area contributed by atoms with E-state index in [1.54, 1.807) is 23.4 Å². The molecule has 4 heteroatoms. The second-order valence-electron chi connectivity index (χ2n) is 4.86. The van der Waals surface area contributed by atoms with Crippen LogP contribution < -0.4 is 5.56 Å². The number of aromatic nitrogens is 2. The highest BCUT2D eigenvalue weighted by Crippen LogP contribution is 2.17. The molecule has 2 aromatic rings. The summed E-state index contributed by atoms with van der Waals surface area (Å²) in [6.45, 7) is 6.06. The average Bonchev–Trinajstić information content (AvgIpc) is 2.43. The van der Waals surface area contributed by atoms with E-state index < -0.39 is 0 Å². The SMILES string of the molecule is CCSc1nc(C)c(Cc2ccccc2C)c(=O)n1C. The third-order valence-electron chi connectivity index (χ3n) is 3.45. The molecule has 1 aromatic heterocycles. The summed E-state index contributed by atoms with van der Waals surface area (Å²) in [6.07, 6.45) is 0.648. The molecule has 0 fully saturated rings. The van der Waals surface area contributed by atoms with Crippen LogP contribution in [0.2, 0.25) is 0 Å². The van der Waals surface area contributed by atoms with Gasteiger partial charge in [0.25, 0.3) is 5.56 Å². The molecule has 0 bridgehead atoms. The van der Waals surface area contributed by atoms with Crippen LogP contribution >= 0.6 is 11.8 Å². The summed E-state index contributed by atoms with van der Waals surface area (Å²) in [4.78, 5) is 17.1. The first-order valence-corrected chi connectivity index (χ1v) is 7.77. The fourth-order valence-corrected chi connectivity index (χ4v) is 2.93. The number of benzene rings is 1. The molecule has 0 N–H and O–H groups in total. The van der Waals surface area contributed by atoms with Gasteiger partial charge in [0.2, 0.25) is 0 Å². The molecule has 2 rings (SSSR count). The number of nitrogens with zero attached hydrogens (tertiary/aromatic N) is 2. The van der Waals surface area contributed by atoms with Crippen LogP contribution in [0.3, 0.4) is 0 Å². The summed E-state index contributed by atoms with van der Waals surface area (Å²) in [5.74, 6) is 0.914. The van der Waals surface area contributed by atoms with Gasteiger partial charge >= 0.3 is 0 Å². The molecule has 0 aliphatic heterocycles. The maximum Gasteiger partial charge on any atom is 0.257 e. The Morgan fingerprint density at radius 1 is 1.25 bits per heavy atom. The summed E-state index contributed by atoms with van der Waals surface area (Å²) in [5.41, 5.74) is 4.10. The molecule has 0 saturated carbocycles. The predicted octanol–water partition coefficient (Wildman–Crippen LogP) is 3.10. The van der Waals surface area contributed by atoms with E-state index in [2.05, 4.69) is 31.0 Å². The molecule has 0 amide bonds. The Morgan fingerprint density at radius 2 is 1.95 bits per heavy atom. The van der Waals surface area contributed by atoms with Gasteiger partial charge in [-0.3, -0.25) is 9.36 Å². The molecule has 0 spiro atoms. The highest BCUT2D eigenvalue weighted by molar-refractivity contribution is 7.99. The van der Waals surface area contributed by atoms with E-state index in [1.165, 1.54) is 11.1 Å². The van der Waals surface area contributed by atoms with Gasteiger partial charge in [0, 0.05) is 24.7 Å². The maximum atomic E-state index is 12.5. The van der Waals surface area contributed by atoms with Crippen LogP contribution in [0.4, 0.5) is 0 Å². The predicted molar refractivity (Wildman–Crippen MR) is 84.6 cm³/mol. The van der Waals surface area contributed by atoms with Crippen molar-refractivity contribution in [1.82, 2.24) is 9.55 Å². The van der Waals surface area contributed by atoms with Gasteiger partial charge in [-0.1, -0.05) is 43.0 Å². The van der Waals surface area contributed by atoms with E-state index in [4.69, 9.17) is 0 Å². The van der Waals surface area contributed by atoms with E-state index >= 15 is 0 Å². The first-order valence-electron chi connectivity index (χ1n) is 6.78.